The van der Waals surface area contributed by atoms with E-state index in [0.29, 0.717) is 5.75 Å². The Kier molecular flexibility index (Phi) is 4.42. The molecule has 7 nitrogen and oxygen atoms in total. The summed E-state index contributed by atoms with van der Waals surface area (Å²) in [7, 11) is 3.05. The number of methoxy groups -OCH3 is 1. The largest absolute Gasteiger partial charge is 0.491 e. The Morgan fingerprint density at radius 3 is 2.48 bits per heavy atom. The number of carbonyl (C=O) groups excluding carboxylic acids is 1. The van der Waals surface area contributed by atoms with Crippen molar-refractivity contribution in [3.63, 3.8) is 0 Å². The van der Waals surface area contributed by atoms with Crippen LogP contribution in [0.4, 0.5) is 5.69 Å². The topological polar surface area (TPSA) is 90.7 Å². The van der Waals surface area contributed by atoms with Crippen molar-refractivity contribution in [1.82, 2.24) is 5.32 Å². The van der Waals surface area contributed by atoms with E-state index in [1.54, 1.807) is 7.05 Å². The molecule has 1 aliphatic carbocycles. The number of rotatable bonds is 7. The van der Waals surface area contributed by atoms with E-state index in [1.165, 1.54) is 31.4 Å². The first-order chi connectivity index (χ1) is 10.0. The van der Waals surface area contributed by atoms with Crippen LogP contribution in [-0.4, -0.2) is 37.2 Å². The predicted molar refractivity (Wildman–Crippen MR) is 75.1 cm³/mol. The molecule has 21 heavy (non-hydrogen) atoms. The van der Waals surface area contributed by atoms with Crippen LogP contribution in [0.3, 0.4) is 0 Å². The minimum absolute atomic E-state index is 0.00242. The summed E-state index contributed by atoms with van der Waals surface area (Å²) in [4.78, 5) is 22.2. The zero-order valence-corrected chi connectivity index (χ0v) is 12.0. The van der Waals surface area contributed by atoms with Crippen LogP contribution in [0.2, 0.25) is 0 Å². The average Bonchev–Trinajstić information content (AvgIpc) is 3.33. The number of nitrogens with one attached hydrogen (secondary N) is 1. The normalized spacial score (nSPS) is 16.9. The van der Waals surface area contributed by atoms with E-state index in [2.05, 4.69) is 5.32 Å². The highest BCUT2D eigenvalue weighted by atomic mass is 16.6. The molecule has 0 spiro atoms. The number of carbonyl (C=O) groups is 1. The molecular weight excluding hydrogens is 276 g/mol. The van der Waals surface area contributed by atoms with Crippen molar-refractivity contribution < 1.29 is 19.2 Å². The highest BCUT2D eigenvalue weighted by Crippen LogP contribution is 2.40. The maximum absolute atomic E-state index is 12.1. The smallest absolute Gasteiger partial charge is 0.329 e. The maximum atomic E-state index is 12.1. The van der Waals surface area contributed by atoms with Gasteiger partial charge in [0, 0.05) is 12.1 Å². The zero-order valence-electron chi connectivity index (χ0n) is 12.0. The van der Waals surface area contributed by atoms with E-state index >= 15 is 0 Å². The molecule has 0 radical (unpaired) electrons. The number of non-ortho nitro benzene ring substituents is 1. The summed E-state index contributed by atoms with van der Waals surface area (Å²) in [6.07, 6.45) is 1.89. The van der Waals surface area contributed by atoms with Crippen LogP contribution in [0.5, 0.6) is 5.75 Å². The number of nitro benzene ring substituents is 1. The van der Waals surface area contributed by atoms with Crippen LogP contribution in [0.1, 0.15) is 12.8 Å². The van der Waals surface area contributed by atoms with Gasteiger partial charge >= 0.3 is 5.97 Å². The molecule has 2 rings (SSSR count). The Morgan fingerprint density at radius 2 is 2.05 bits per heavy atom. The van der Waals surface area contributed by atoms with Crippen LogP contribution in [-0.2, 0) is 9.53 Å². The molecular formula is C14H18N2O5. The Bertz CT molecular complexity index is 527. The molecule has 1 saturated carbocycles. The molecule has 1 aromatic rings. The molecule has 0 aromatic heterocycles. The average molecular weight is 294 g/mol. The van der Waals surface area contributed by atoms with Gasteiger partial charge in [0.05, 0.1) is 12.0 Å². The third-order valence-electron chi connectivity index (χ3n) is 3.78. The predicted octanol–water partition coefficient (Wildman–Crippen LogP) is 1.51. The first-order valence-electron chi connectivity index (χ1n) is 6.68. The number of hydrogen-bond donors (Lipinski definition) is 1. The number of nitro groups is 1. The molecule has 1 unspecified atom stereocenters. The van der Waals surface area contributed by atoms with Crippen LogP contribution < -0.4 is 10.1 Å². The summed E-state index contributed by atoms with van der Waals surface area (Å²) in [6, 6.07) is 5.77. The Balaban J connectivity index is 2.08. The molecule has 1 atom stereocenters. The van der Waals surface area contributed by atoms with Gasteiger partial charge in [-0.25, -0.2) is 4.79 Å². The van der Waals surface area contributed by atoms with Crippen molar-refractivity contribution in [2.24, 2.45) is 5.92 Å². The van der Waals surface area contributed by atoms with Gasteiger partial charge in [0.2, 0.25) is 0 Å². The van der Waals surface area contributed by atoms with Gasteiger partial charge in [-0.15, -0.1) is 0 Å². The lowest BCUT2D eigenvalue weighted by Gasteiger charge is -2.30. The molecule has 7 heteroatoms. The van der Waals surface area contributed by atoms with E-state index in [4.69, 9.17) is 9.47 Å². The lowest BCUT2D eigenvalue weighted by atomic mass is 9.94. The first-order valence-corrected chi connectivity index (χ1v) is 6.68. The summed E-state index contributed by atoms with van der Waals surface area (Å²) in [5.41, 5.74) is -0.867. The lowest BCUT2D eigenvalue weighted by Crippen LogP contribution is -2.57. The van der Waals surface area contributed by atoms with Gasteiger partial charge in [-0.1, -0.05) is 0 Å². The van der Waals surface area contributed by atoms with Gasteiger partial charge in [-0.2, -0.15) is 0 Å². The van der Waals surface area contributed by atoms with Crippen LogP contribution in [0.25, 0.3) is 0 Å². The second-order valence-electron chi connectivity index (χ2n) is 5.03. The number of likely N-dealkylation sites (N-methyl/N-ethyl adjacent to an activating group) is 1. The molecule has 0 saturated heterocycles. The summed E-state index contributed by atoms with van der Waals surface area (Å²) >= 11 is 0. The number of ether oxygens (including phenoxy) is 2. The van der Waals surface area contributed by atoms with Crippen LogP contribution in [0.15, 0.2) is 24.3 Å². The molecule has 1 aromatic carbocycles. The Morgan fingerprint density at radius 1 is 1.43 bits per heavy atom. The SMILES string of the molecule is CNC(COc1ccc([N+](=O)[O-])cc1)(C(=O)OC)C1CC1. The fraction of sp³-hybridized carbons (Fsp3) is 0.500. The van der Waals surface area contributed by atoms with Crippen molar-refractivity contribution >= 4 is 11.7 Å². The van der Waals surface area contributed by atoms with Crippen molar-refractivity contribution in [2.75, 3.05) is 20.8 Å². The minimum atomic E-state index is -0.865. The van der Waals surface area contributed by atoms with E-state index in [-0.39, 0.29) is 24.2 Å². The van der Waals surface area contributed by atoms with Crippen molar-refractivity contribution in [3.05, 3.63) is 34.4 Å². The number of benzene rings is 1. The first kappa shape index (κ1) is 15.2. The third-order valence-corrected chi connectivity index (χ3v) is 3.78. The molecule has 0 aliphatic heterocycles. The van der Waals surface area contributed by atoms with E-state index < -0.39 is 10.5 Å². The number of hydrogen-bond acceptors (Lipinski definition) is 6. The lowest BCUT2D eigenvalue weighted by molar-refractivity contribution is -0.384. The molecule has 1 aliphatic rings. The van der Waals surface area contributed by atoms with E-state index in [0.717, 1.165) is 12.8 Å². The van der Waals surface area contributed by atoms with Crippen LogP contribution >= 0.6 is 0 Å². The molecule has 114 valence electrons. The van der Waals surface area contributed by atoms with Crippen molar-refractivity contribution in [3.8, 4) is 5.75 Å². The Labute approximate surface area is 122 Å². The highest BCUT2D eigenvalue weighted by molar-refractivity contribution is 5.82. The maximum Gasteiger partial charge on any atom is 0.329 e. The van der Waals surface area contributed by atoms with Gasteiger partial charge in [-0.05, 0) is 37.9 Å². The fourth-order valence-electron chi connectivity index (χ4n) is 2.34. The summed E-state index contributed by atoms with van der Waals surface area (Å²) < 4.78 is 10.5. The summed E-state index contributed by atoms with van der Waals surface area (Å²) in [5, 5.41) is 13.6. The second-order valence-corrected chi connectivity index (χ2v) is 5.03. The van der Waals surface area contributed by atoms with Gasteiger partial charge in [0.15, 0.2) is 5.54 Å². The van der Waals surface area contributed by atoms with Crippen LogP contribution in [0, 0.1) is 16.0 Å². The minimum Gasteiger partial charge on any atom is -0.491 e. The third kappa shape index (κ3) is 3.13. The summed E-state index contributed by atoms with van der Waals surface area (Å²) in [6.45, 7) is 0.124. The monoisotopic (exact) mass is 294 g/mol. The van der Waals surface area contributed by atoms with Crippen molar-refractivity contribution in [1.29, 1.82) is 0 Å². The number of nitrogens with zero attached hydrogens (tertiary/aromatic N) is 1. The summed E-state index contributed by atoms with van der Waals surface area (Å²) in [5.74, 6) is 0.312. The van der Waals surface area contributed by atoms with Gasteiger partial charge in [-0.3, -0.25) is 10.1 Å². The van der Waals surface area contributed by atoms with E-state index in [1.807, 2.05) is 0 Å². The zero-order chi connectivity index (χ0) is 15.5. The molecule has 0 bridgehead atoms. The van der Waals surface area contributed by atoms with Gasteiger partial charge in [0.1, 0.15) is 12.4 Å². The molecule has 0 amide bonds. The number of esters is 1. The highest BCUT2D eigenvalue weighted by Gasteiger charge is 2.51. The van der Waals surface area contributed by atoms with Gasteiger partial charge in [0.25, 0.3) is 5.69 Å². The fourth-order valence-corrected chi connectivity index (χ4v) is 2.34. The second kappa shape index (κ2) is 6.09. The quantitative estimate of drug-likeness (QED) is 0.466. The standard InChI is InChI=1S/C14H18N2O5/c1-15-14(10-3-4-10,13(17)20-2)9-21-12-7-5-11(6-8-12)16(18)19/h5-8,10,15H,3-4,9H2,1-2H3. The molecule has 1 fully saturated rings. The van der Waals surface area contributed by atoms with Crippen molar-refractivity contribution in [2.45, 2.75) is 18.4 Å². The molecule has 1 N–H and O–H groups in total. The molecule has 0 heterocycles. The van der Waals surface area contributed by atoms with Gasteiger partial charge < -0.3 is 14.8 Å². The van der Waals surface area contributed by atoms with E-state index in [9.17, 15) is 14.9 Å². The Hall–Kier alpha value is -2.15.